The molecule has 1 aromatic carbocycles. The fourth-order valence-electron chi connectivity index (χ4n) is 2.05. The number of aliphatic carboxylic acids is 1. The van der Waals surface area contributed by atoms with Crippen molar-refractivity contribution < 1.29 is 14.7 Å². The number of aromatic nitrogens is 1. The number of nitrogens with zero attached hydrogens (tertiary/aromatic N) is 1. The van der Waals surface area contributed by atoms with Crippen molar-refractivity contribution in [2.45, 2.75) is 32.2 Å². The van der Waals surface area contributed by atoms with Gasteiger partial charge in [-0.1, -0.05) is 37.3 Å². The quantitative estimate of drug-likeness (QED) is 0.819. The average molecular weight is 318 g/mol. The van der Waals surface area contributed by atoms with Gasteiger partial charge in [0.1, 0.15) is 6.04 Å². The summed E-state index contributed by atoms with van der Waals surface area (Å²) in [6.45, 7) is 2.00. The van der Waals surface area contributed by atoms with Gasteiger partial charge in [-0.15, -0.1) is 11.3 Å². The molecule has 0 spiro atoms. The van der Waals surface area contributed by atoms with Crippen LogP contribution in [0.3, 0.4) is 0 Å². The molecule has 116 valence electrons. The first-order chi connectivity index (χ1) is 10.6. The summed E-state index contributed by atoms with van der Waals surface area (Å²) < 4.78 is 0. The van der Waals surface area contributed by atoms with Gasteiger partial charge in [-0.2, -0.15) is 0 Å². The molecule has 0 bridgehead atoms. The van der Waals surface area contributed by atoms with Crippen molar-refractivity contribution in [3.63, 3.8) is 0 Å². The van der Waals surface area contributed by atoms with Crippen LogP contribution in [0.25, 0.3) is 0 Å². The molecule has 1 heterocycles. The predicted molar refractivity (Wildman–Crippen MR) is 84.9 cm³/mol. The molecular formula is C16H18N2O3S. The van der Waals surface area contributed by atoms with Crippen LogP contribution in [-0.4, -0.2) is 28.0 Å². The van der Waals surface area contributed by atoms with Gasteiger partial charge in [0.15, 0.2) is 0 Å². The summed E-state index contributed by atoms with van der Waals surface area (Å²) in [7, 11) is 0. The van der Waals surface area contributed by atoms with E-state index in [1.54, 1.807) is 0 Å². The van der Waals surface area contributed by atoms with E-state index in [1.165, 1.54) is 11.3 Å². The standard InChI is InChI=1S/C16H18N2O3S/c1-2-15-17-12(10-22-15)9-14(19)18-13(16(20)21)8-11-6-4-3-5-7-11/h3-7,10,13H,2,8-9H2,1H3,(H,18,19)(H,20,21)/t13-/m1/s1. The minimum absolute atomic E-state index is 0.106. The molecule has 1 amide bonds. The Morgan fingerprint density at radius 1 is 1.32 bits per heavy atom. The summed E-state index contributed by atoms with van der Waals surface area (Å²) >= 11 is 1.51. The zero-order valence-electron chi connectivity index (χ0n) is 12.3. The minimum atomic E-state index is -1.04. The number of rotatable bonds is 7. The first-order valence-electron chi connectivity index (χ1n) is 7.08. The summed E-state index contributed by atoms with van der Waals surface area (Å²) in [5.41, 5.74) is 1.56. The van der Waals surface area contributed by atoms with Gasteiger partial charge in [0.05, 0.1) is 17.1 Å². The van der Waals surface area contributed by atoms with Crippen LogP contribution in [0, 0.1) is 0 Å². The lowest BCUT2D eigenvalue weighted by molar-refractivity contribution is -0.141. The highest BCUT2D eigenvalue weighted by Gasteiger charge is 2.20. The Morgan fingerprint density at radius 2 is 2.05 bits per heavy atom. The van der Waals surface area contributed by atoms with Gasteiger partial charge in [0.25, 0.3) is 0 Å². The van der Waals surface area contributed by atoms with E-state index in [2.05, 4.69) is 10.3 Å². The Bertz CT molecular complexity index is 640. The lowest BCUT2D eigenvalue weighted by atomic mass is 10.1. The Kier molecular flexibility index (Phi) is 5.66. The maximum absolute atomic E-state index is 12.0. The monoisotopic (exact) mass is 318 g/mol. The van der Waals surface area contributed by atoms with Crippen molar-refractivity contribution in [1.82, 2.24) is 10.3 Å². The third kappa shape index (κ3) is 4.66. The summed E-state index contributed by atoms with van der Waals surface area (Å²) in [5, 5.41) is 14.6. The van der Waals surface area contributed by atoms with Gasteiger partial charge in [-0.05, 0) is 12.0 Å². The molecule has 0 saturated carbocycles. The molecule has 5 nitrogen and oxygen atoms in total. The number of aryl methyl sites for hydroxylation is 1. The molecule has 2 aromatic rings. The third-order valence-electron chi connectivity index (χ3n) is 3.16. The van der Waals surface area contributed by atoms with Crippen LogP contribution in [0.2, 0.25) is 0 Å². The molecule has 2 rings (SSSR count). The van der Waals surface area contributed by atoms with E-state index in [4.69, 9.17) is 0 Å². The first-order valence-corrected chi connectivity index (χ1v) is 7.95. The van der Waals surface area contributed by atoms with Crippen molar-refractivity contribution >= 4 is 23.2 Å². The maximum Gasteiger partial charge on any atom is 0.326 e. The number of hydrogen-bond acceptors (Lipinski definition) is 4. The molecule has 0 radical (unpaired) electrons. The Labute approximate surface area is 133 Å². The number of carbonyl (C=O) groups excluding carboxylic acids is 1. The highest BCUT2D eigenvalue weighted by molar-refractivity contribution is 7.09. The number of nitrogens with one attached hydrogen (secondary N) is 1. The molecule has 22 heavy (non-hydrogen) atoms. The van der Waals surface area contributed by atoms with Crippen LogP contribution in [-0.2, 0) is 28.9 Å². The van der Waals surface area contributed by atoms with E-state index < -0.39 is 12.0 Å². The molecule has 0 unspecified atom stereocenters. The number of carbonyl (C=O) groups is 2. The minimum Gasteiger partial charge on any atom is -0.480 e. The van der Waals surface area contributed by atoms with E-state index >= 15 is 0 Å². The second-order valence-corrected chi connectivity index (χ2v) is 5.85. The van der Waals surface area contributed by atoms with Crippen LogP contribution in [0.4, 0.5) is 0 Å². The predicted octanol–water partition coefficient (Wildman–Crippen LogP) is 2.06. The second kappa shape index (κ2) is 7.70. The molecule has 0 fully saturated rings. The van der Waals surface area contributed by atoms with Crippen molar-refractivity contribution in [2.75, 3.05) is 0 Å². The zero-order chi connectivity index (χ0) is 15.9. The highest BCUT2D eigenvalue weighted by Crippen LogP contribution is 2.11. The lowest BCUT2D eigenvalue weighted by Gasteiger charge is -2.14. The average Bonchev–Trinajstić information content (AvgIpc) is 2.95. The smallest absolute Gasteiger partial charge is 0.326 e. The van der Waals surface area contributed by atoms with Gasteiger partial charge >= 0.3 is 5.97 Å². The van der Waals surface area contributed by atoms with Crippen LogP contribution < -0.4 is 5.32 Å². The molecule has 6 heteroatoms. The lowest BCUT2D eigenvalue weighted by Crippen LogP contribution is -2.43. The van der Waals surface area contributed by atoms with Gasteiger partial charge in [-0.25, -0.2) is 9.78 Å². The van der Waals surface area contributed by atoms with Crippen molar-refractivity contribution in [3.8, 4) is 0 Å². The van der Waals surface area contributed by atoms with Gasteiger partial charge in [-0.3, -0.25) is 4.79 Å². The topological polar surface area (TPSA) is 79.3 Å². The fraction of sp³-hybridized carbons (Fsp3) is 0.312. The number of benzene rings is 1. The SMILES string of the molecule is CCc1nc(CC(=O)N[C@H](Cc2ccccc2)C(=O)O)cs1. The molecule has 0 aliphatic heterocycles. The van der Waals surface area contributed by atoms with Crippen LogP contribution >= 0.6 is 11.3 Å². The summed E-state index contributed by atoms with van der Waals surface area (Å²) in [6.07, 6.45) is 1.20. The van der Waals surface area contributed by atoms with Gasteiger partial charge in [0, 0.05) is 11.8 Å². The van der Waals surface area contributed by atoms with Crippen LogP contribution in [0.1, 0.15) is 23.2 Å². The highest BCUT2D eigenvalue weighted by atomic mass is 32.1. The largest absolute Gasteiger partial charge is 0.480 e. The molecular weight excluding hydrogens is 300 g/mol. The molecule has 0 aliphatic carbocycles. The summed E-state index contributed by atoms with van der Waals surface area (Å²) in [4.78, 5) is 27.6. The number of amides is 1. The molecule has 1 aromatic heterocycles. The zero-order valence-corrected chi connectivity index (χ0v) is 13.1. The number of thiazole rings is 1. The fourth-order valence-corrected chi connectivity index (χ4v) is 2.80. The van der Waals surface area contributed by atoms with E-state index in [0.29, 0.717) is 5.69 Å². The van der Waals surface area contributed by atoms with Gasteiger partial charge < -0.3 is 10.4 Å². The van der Waals surface area contributed by atoms with Crippen molar-refractivity contribution in [3.05, 3.63) is 52.0 Å². The number of carboxylic acids is 1. The Hall–Kier alpha value is -2.21. The van der Waals surface area contributed by atoms with Gasteiger partial charge in [0.2, 0.25) is 5.91 Å². The molecule has 2 N–H and O–H groups in total. The van der Waals surface area contributed by atoms with Crippen molar-refractivity contribution in [2.24, 2.45) is 0 Å². The molecule has 1 atom stereocenters. The first kappa shape index (κ1) is 16.2. The van der Waals surface area contributed by atoms with Crippen LogP contribution in [0.5, 0.6) is 0 Å². The normalized spacial score (nSPS) is 11.9. The third-order valence-corrected chi connectivity index (χ3v) is 4.20. The van der Waals surface area contributed by atoms with E-state index in [0.717, 1.165) is 17.0 Å². The second-order valence-electron chi connectivity index (χ2n) is 4.91. The summed E-state index contributed by atoms with van der Waals surface area (Å²) in [6, 6.07) is 8.31. The Morgan fingerprint density at radius 3 is 2.64 bits per heavy atom. The maximum atomic E-state index is 12.0. The van der Waals surface area contributed by atoms with Crippen molar-refractivity contribution in [1.29, 1.82) is 0 Å². The number of carboxylic acid groups (broad SMARTS) is 1. The van der Waals surface area contributed by atoms with E-state index in [-0.39, 0.29) is 18.7 Å². The molecule has 0 saturated heterocycles. The van der Waals surface area contributed by atoms with Crippen LogP contribution in [0.15, 0.2) is 35.7 Å². The van der Waals surface area contributed by atoms with E-state index in [1.807, 2.05) is 42.6 Å². The Balaban J connectivity index is 1.95. The number of hydrogen-bond donors (Lipinski definition) is 2. The summed E-state index contributed by atoms with van der Waals surface area (Å²) in [5.74, 6) is -1.36. The molecule has 0 aliphatic rings. The van der Waals surface area contributed by atoms with E-state index in [9.17, 15) is 14.7 Å².